The van der Waals surface area contributed by atoms with Gasteiger partial charge in [0.2, 0.25) is 15.9 Å². The van der Waals surface area contributed by atoms with Gasteiger partial charge in [-0.3, -0.25) is 14.6 Å². The number of pyridine rings is 1. The fourth-order valence-corrected chi connectivity index (χ4v) is 5.54. The van der Waals surface area contributed by atoms with E-state index in [-0.39, 0.29) is 30.2 Å². The van der Waals surface area contributed by atoms with Gasteiger partial charge in [-0.05, 0) is 54.3 Å². The number of unbranched alkanes of at least 4 members (excludes halogenated alkanes) is 1. The number of sulfonamides is 1. The maximum absolute atomic E-state index is 13.8. The summed E-state index contributed by atoms with van der Waals surface area (Å²) in [6, 6.07) is 17.9. The Balaban J connectivity index is 1.73. The van der Waals surface area contributed by atoms with Crippen molar-refractivity contribution in [1.29, 1.82) is 0 Å². The Kier molecular flexibility index (Phi) is 10.8. The number of rotatable bonds is 14. The lowest BCUT2D eigenvalue weighted by Gasteiger charge is -2.29. The van der Waals surface area contributed by atoms with Gasteiger partial charge in [-0.15, -0.1) is 0 Å². The van der Waals surface area contributed by atoms with Crippen molar-refractivity contribution in [3.8, 4) is 5.75 Å². The maximum atomic E-state index is 13.8. The van der Waals surface area contributed by atoms with Crippen LogP contribution in [-0.2, 0) is 37.4 Å². The molecule has 9 nitrogen and oxygen atoms in total. The zero-order chi connectivity index (χ0) is 27.4. The van der Waals surface area contributed by atoms with Gasteiger partial charge in [0.05, 0.1) is 19.1 Å². The molecular formula is C28H33N3O6S. The molecule has 0 saturated heterocycles. The number of nitrogens with one attached hydrogen (secondary N) is 1. The SMILES string of the molecule is COC(=O)[C@@H](CCCCC(=O)NCc1ccccc1)N(Cc1cccnc1)S(=O)(=O)c1ccc(OC)cc1. The number of methoxy groups -OCH3 is 2. The van der Waals surface area contributed by atoms with E-state index in [1.165, 1.54) is 26.4 Å². The number of benzene rings is 2. The lowest BCUT2D eigenvalue weighted by Crippen LogP contribution is -2.45. The van der Waals surface area contributed by atoms with E-state index in [2.05, 4.69) is 10.3 Å². The summed E-state index contributed by atoms with van der Waals surface area (Å²) >= 11 is 0. The number of nitrogens with zero attached hydrogens (tertiary/aromatic N) is 2. The molecule has 1 heterocycles. The van der Waals surface area contributed by atoms with E-state index in [9.17, 15) is 18.0 Å². The predicted octanol–water partition coefficient (Wildman–Crippen LogP) is 3.70. The molecule has 3 aromatic rings. The second-order valence-corrected chi connectivity index (χ2v) is 10.5. The first-order valence-electron chi connectivity index (χ1n) is 12.3. The van der Waals surface area contributed by atoms with Crippen LogP contribution in [0, 0.1) is 0 Å². The lowest BCUT2D eigenvalue weighted by molar-refractivity contribution is -0.145. The minimum Gasteiger partial charge on any atom is -0.497 e. The van der Waals surface area contributed by atoms with Gasteiger partial charge in [-0.25, -0.2) is 8.42 Å². The molecule has 0 aliphatic rings. The Morgan fingerprint density at radius 1 is 0.947 bits per heavy atom. The standard InChI is InChI=1S/C28H33N3O6S/c1-36-24-14-16-25(17-15-24)38(34,35)31(21-23-11-8-18-29-19-23)26(28(33)37-2)12-6-7-13-27(32)30-20-22-9-4-3-5-10-22/h3-5,8-11,14-19,26H,6-7,12-13,20-21H2,1-2H3,(H,30,32)/t26-/m1/s1. The van der Waals surface area contributed by atoms with Crippen LogP contribution in [0.25, 0.3) is 0 Å². The van der Waals surface area contributed by atoms with E-state index in [1.54, 1.807) is 36.7 Å². The molecule has 1 aromatic heterocycles. The summed E-state index contributed by atoms with van der Waals surface area (Å²) in [5, 5.41) is 2.88. The average Bonchev–Trinajstić information content (AvgIpc) is 2.96. The zero-order valence-electron chi connectivity index (χ0n) is 21.6. The minimum absolute atomic E-state index is 0.0244. The molecular weight excluding hydrogens is 506 g/mol. The number of hydrogen-bond acceptors (Lipinski definition) is 7. The molecule has 0 bridgehead atoms. The molecule has 3 rings (SSSR count). The van der Waals surface area contributed by atoms with Crippen molar-refractivity contribution < 1.29 is 27.5 Å². The topological polar surface area (TPSA) is 115 Å². The van der Waals surface area contributed by atoms with E-state index in [0.29, 0.717) is 30.7 Å². The molecule has 1 amide bonds. The van der Waals surface area contributed by atoms with Crippen LogP contribution < -0.4 is 10.1 Å². The number of esters is 1. The highest BCUT2D eigenvalue weighted by Crippen LogP contribution is 2.26. The second kappa shape index (κ2) is 14.3. The maximum Gasteiger partial charge on any atom is 0.324 e. The molecule has 38 heavy (non-hydrogen) atoms. The lowest BCUT2D eigenvalue weighted by atomic mass is 10.1. The molecule has 1 N–H and O–H groups in total. The summed E-state index contributed by atoms with van der Waals surface area (Å²) in [4.78, 5) is 29.3. The van der Waals surface area contributed by atoms with Gasteiger partial charge < -0.3 is 14.8 Å². The molecule has 0 aliphatic carbocycles. The van der Waals surface area contributed by atoms with Crippen LogP contribution >= 0.6 is 0 Å². The predicted molar refractivity (Wildman–Crippen MR) is 143 cm³/mol. The van der Waals surface area contributed by atoms with Crippen LogP contribution in [-0.4, -0.2) is 49.8 Å². The minimum atomic E-state index is -4.10. The highest BCUT2D eigenvalue weighted by atomic mass is 32.2. The van der Waals surface area contributed by atoms with Crippen molar-refractivity contribution >= 4 is 21.9 Å². The second-order valence-electron chi connectivity index (χ2n) is 8.63. The summed E-state index contributed by atoms with van der Waals surface area (Å²) in [5.74, 6) is -0.265. The van der Waals surface area contributed by atoms with Crippen LogP contribution in [0.4, 0.5) is 0 Å². The quantitative estimate of drug-likeness (QED) is 0.245. The van der Waals surface area contributed by atoms with Crippen molar-refractivity contribution in [1.82, 2.24) is 14.6 Å². The van der Waals surface area contributed by atoms with Crippen LogP contribution in [0.2, 0.25) is 0 Å². The third kappa shape index (κ3) is 8.12. The van der Waals surface area contributed by atoms with Crippen molar-refractivity contribution in [2.45, 2.75) is 49.7 Å². The molecule has 2 aromatic carbocycles. The van der Waals surface area contributed by atoms with Gasteiger partial charge in [0.1, 0.15) is 11.8 Å². The molecule has 0 aliphatic heterocycles. The first kappa shape index (κ1) is 28.8. The number of amides is 1. The molecule has 202 valence electrons. The van der Waals surface area contributed by atoms with E-state index in [0.717, 1.165) is 9.87 Å². The molecule has 0 spiro atoms. The van der Waals surface area contributed by atoms with E-state index in [4.69, 9.17) is 9.47 Å². The Morgan fingerprint density at radius 3 is 2.29 bits per heavy atom. The van der Waals surface area contributed by atoms with Crippen molar-refractivity contribution in [2.75, 3.05) is 14.2 Å². The number of carbonyl (C=O) groups is 2. The molecule has 0 saturated carbocycles. The summed E-state index contributed by atoms with van der Waals surface area (Å²) < 4.78 is 38.8. The average molecular weight is 540 g/mol. The van der Waals surface area contributed by atoms with Crippen LogP contribution in [0.15, 0.2) is 84.0 Å². The van der Waals surface area contributed by atoms with Gasteiger partial charge in [0.15, 0.2) is 0 Å². The summed E-state index contributed by atoms with van der Waals surface area (Å²) in [6.45, 7) is 0.364. The van der Waals surface area contributed by atoms with E-state index >= 15 is 0 Å². The number of aromatic nitrogens is 1. The van der Waals surface area contributed by atoms with Gasteiger partial charge >= 0.3 is 5.97 Å². The van der Waals surface area contributed by atoms with Gasteiger partial charge in [0, 0.05) is 31.9 Å². The number of carbonyl (C=O) groups excluding carboxylic acids is 2. The Hall–Kier alpha value is -3.76. The largest absolute Gasteiger partial charge is 0.497 e. The highest BCUT2D eigenvalue weighted by molar-refractivity contribution is 7.89. The monoisotopic (exact) mass is 539 g/mol. The smallest absolute Gasteiger partial charge is 0.324 e. The summed E-state index contributed by atoms with van der Waals surface area (Å²) in [5.41, 5.74) is 1.63. The Morgan fingerprint density at radius 2 is 1.66 bits per heavy atom. The van der Waals surface area contributed by atoms with Gasteiger partial charge in [-0.1, -0.05) is 42.8 Å². The number of ether oxygens (including phenoxy) is 2. The third-order valence-corrected chi connectivity index (χ3v) is 7.88. The van der Waals surface area contributed by atoms with Crippen molar-refractivity contribution in [2.24, 2.45) is 0 Å². The normalized spacial score (nSPS) is 12.1. The van der Waals surface area contributed by atoms with Crippen LogP contribution in [0.1, 0.15) is 36.8 Å². The first-order chi connectivity index (χ1) is 18.3. The van der Waals surface area contributed by atoms with Crippen LogP contribution in [0.3, 0.4) is 0 Å². The first-order valence-corrected chi connectivity index (χ1v) is 13.7. The summed E-state index contributed by atoms with van der Waals surface area (Å²) in [7, 11) is -1.38. The third-order valence-electron chi connectivity index (χ3n) is 6.01. The zero-order valence-corrected chi connectivity index (χ0v) is 22.4. The van der Waals surface area contributed by atoms with Crippen molar-refractivity contribution in [3.05, 3.63) is 90.3 Å². The molecule has 0 unspecified atom stereocenters. The fraction of sp³-hybridized carbons (Fsp3) is 0.321. The van der Waals surface area contributed by atoms with Gasteiger partial charge in [-0.2, -0.15) is 4.31 Å². The Bertz CT molecular complexity index is 1270. The highest BCUT2D eigenvalue weighted by Gasteiger charge is 2.36. The number of hydrogen-bond donors (Lipinski definition) is 1. The van der Waals surface area contributed by atoms with E-state index < -0.39 is 22.0 Å². The molecule has 0 fully saturated rings. The molecule has 10 heteroatoms. The Labute approximate surface area is 223 Å². The van der Waals surface area contributed by atoms with E-state index in [1.807, 2.05) is 30.3 Å². The summed E-state index contributed by atoms with van der Waals surface area (Å²) in [6.07, 6.45) is 4.52. The van der Waals surface area contributed by atoms with Crippen LogP contribution in [0.5, 0.6) is 5.75 Å². The van der Waals surface area contributed by atoms with Crippen molar-refractivity contribution in [3.63, 3.8) is 0 Å². The van der Waals surface area contributed by atoms with Gasteiger partial charge in [0.25, 0.3) is 0 Å². The molecule has 0 radical (unpaired) electrons. The fourth-order valence-electron chi connectivity index (χ4n) is 3.94. The molecule has 1 atom stereocenters.